The first-order valence-corrected chi connectivity index (χ1v) is 10.7. The Balaban J connectivity index is 1.64. The van der Waals surface area contributed by atoms with Crippen LogP contribution in [0.15, 0.2) is 91.0 Å². The van der Waals surface area contributed by atoms with E-state index >= 15 is 0 Å². The molecule has 0 fully saturated rings. The Morgan fingerprint density at radius 3 is 0.861 bits per heavy atom. The van der Waals surface area contributed by atoms with Gasteiger partial charge in [0.1, 0.15) is 17.2 Å². The van der Waals surface area contributed by atoms with Gasteiger partial charge >= 0.3 is 0 Å². The van der Waals surface area contributed by atoms with Gasteiger partial charge in [0, 0.05) is 33.8 Å². The Labute approximate surface area is 205 Å². The number of phenols is 3. The molecule has 4 aromatic carbocycles. The van der Waals surface area contributed by atoms with Gasteiger partial charge in [0.05, 0.1) is 0 Å². The average Bonchev–Trinajstić information content (AvgIpc) is 2.87. The molecule has 0 aliphatic rings. The highest BCUT2D eigenvalue weighted by molar-refractivity contribution is 6.12. The highest BCUT2D eigenvalue weighted by atomic mass is 16.3. The molecule has 6 N–H and O–H groups in total. The van der Waals surface area contributed by atoms with Crippen LogP contribution in [-0.4, -0.2) is 33.0 Å². The summed E-state index contributed by atoms with van der Waals surface area (Å²) < 4.78 is 0. The first-order valence-electron chi connectivity index (χ1n) is 10.7. The predicted molar refractivity (Wildman–Crippen MR) is 135 cm³/mol. The zero-order valence-electron chi connectivity index (χ0n) is 18.7. The molecule has 9 heteroatoms. The molecule has 0 unspecified atom stereocenters. The number of anilines is 3. The molecule has 36 heavy (non-hydrogen) atoms. The van der Waals surface area contributed by atoms with E-state index in [9.17, 15) is 29.7 Å². The minimum Gasteiger partial charge on any atom is -0.508 e. The van der Waals surface area contributed by atoms with Gasteiger partial charge in [-0.25, -0.2) is 0 Å². The molecule has 0 aliphatic heterocycles. The second-order valence-electron chi connectivity index (χ2n) is 7.80. The van der Waals surface area contributed by atoms with Gasteiger partial charge < -0.3 is 31.3 Å². The van der Waals surface area contributed by atoms with Crippen LogP contribution < -0.4 is 16.0 Å². The number of nitrogens with one attached hydrogen (secondary N) is 3. The van der Waals surface area contributed by atoms with Crippen LogP contribution in [-0.2, 0) is 0 Å². The van der Waals surface area contributed by atoms with Crippen LogP contribution in [0.4, 0.5) is 17.1 Å². The van der Waals surface area contributed by atoms with Crippen molar-refractivity contribution >= 4 is 34.8 Å². The van der Waals surface area contributed by atoms with E-state index < -0.39 is 17.7 Å². The fourth-order valence-electron chi connectivity index (χ4n) is 3.26. The smallest absolute Gasteiger partial charge is 0.255 e. The molecule has 0 radical (unpaired) electrons. The Morgan fingerprint density at radius 1 is 0.417 bits per heavy atom. The number of benzene rings is 4. The highest BCUT2D eigenvalue weighted by Crippen LogP contribution is 2.20. The summed E-state index contributed by atoms with van der Waals surface area (Å²) in [5.74, 6) is -1.60. The Hall–Kier alpha value is -5.31. The van der Waals surface area contributed by atoms with E-state index in [-0.39, 0.29) is 33.9 Å². The zero-order valence-corrected chi connectivity index (χ0v) is 18.7. The number of amides is 3. The number of rotatable bonds is 6. The van der Waals surface area contributed by atoms with E-state index in [0.29, 0.717) is 17.1 Å². The standard InChI is InChI=1S/C27H21N3O6/c31-22-7-1-19(2-8-22)28-25(34)16-13-17(26(35)29-20-3-9-23(32)10-4-20)15-18(14-16)27(36)30-21-5-11-24(33)12-6-21/h1-15,31-33H,(H,28,34)(H,29,35)(H,30,36). The van der Waals surface area contributed by atoms with Crippen LogP contribution in [0.5, 0.6) is 17.2 Å². The minimum absolute atomic E-state index is 0.0362. The van der Waals surface area contributed by atoms with Gasteiger partial charge in [-0.1, -0.05) is 0 Å². The second-order valence-corrected chi connectivity index (χ2v) is 7.80. The lowest BCUT2D eigenvalue weighted by molar-refractivity contribution is 0.102. The molecule has 0 spiro atoms. The Bertz CT molecular complexity index is 1230. The summed E-state index contributed by atoms with van der Waals surface area (Å²) in [6, 6.07) is 21.6. The van der Waals surface area contributed by atoms with Gasteiger partial charge in [-0.2, -0.15) is 0 Å². The van der Waals surface area contributed by atoms with Gasteiger partial charge in [-0.05, 0) is 91.0 Å². The molecule has 0 saturated heterocycles. The Morgan fingerprint density at radius 2 is 0.639 bits per heavy atom. The minimum atomic E-state index is -0.571. The maximum atomic E-state index is 12.9. The van der Waals surface area contributed by atoms with Crippen molar-refractivity contribution in [1.29, 1.82) is 0 Å². The van der Waals surface area contributed by atoms with E-state index in [4.69, 9.17) is 0 Å². The molecule has 0 heterocycles. The molecular weight excluding hydrogens is 462 g/mol. The predicted octanol–water partition coefficient (Wildman–Crippen LogP) is 4.56. The summed E-state index contributed by atoms with van der Waals surface area (Å²) in [6.45, 7) is 0. The van der Waals surface area contributed by atoms with Crippen LogP contribution in [0.1, 0.15) is 31.1 Å². The third kappa shape index (κ3) is 5.97. The molecule has 0 bridgehead atoms. The first kappa shape index (κ1) is 23.8. The molecule has 0 aromatic heterocycles. The van der Waals surface area contributed by atoms with Crippen LogP contribution in [0, 0.1) is 0 Å². The maximum absolute atomic E-state index is 12.9. The van der Waals surface area contributed by atoms with E-state index in [1.54, 1.807) is 0 Å². The van der Waals surface area contributed by atoms with Crippen molar-refractivity contribution in [3.8, 4) is 17.2 Å². The molecular formula is C27H21N3O6. The maximum Gasteiger partial charge on any atom is 0.255 e. The highest BCUT2D eigenvalue weighted by Gasteiger charge is 2.17. The summed E-state index contributed by atoms with van der Waals surface area (Å²) in [7, 11) is 0. The third-order valence-corrected chi connectivity index (χ3v) is 5.10. The summed E-state index contributed by atoms with van der Waals surface area (Å²) in [4.78, 5) is 38.8. The first-order chi connectivity index (χ1) is 17.3. The lowest BCUT2D eigenvalue weighted by atomic mass is 10.0. The van der Waals surface area contributed by atoms with Crippen LogP contribution >= 0.6 is 0 Å². The van der Waals surface area contributed by atoms with Crippen molar-refractivity contribution in [2.75, 3.05) is 16.0 Å². The zero-order chi connectivity index (χ0) is 25.7. The van der Waals surface area contributed by atoms with Gasteiger partial charge in [0.25, 0.3) is 17.7 Å². The second kappa shape index (κ2) is 10.3. The van der Waals surface area contributed by atoms with Crippen LogP contribution in [0.25, 0.3) is 0 Å². The lowest BCUT2D eigenvalue weighted by Gasteiger charge is -2.12. The molecule has 0 atom stereocenters. The summed E-state index contributed by atoms with van der Waals surface area (Å²) in [5, 5.41) is 36.3. The van der Waals surface area contributed by atoms with Gasteiger partial charge in [0.15, 0.2) is 0 Å². The number of hydrogen-bond donors (Lipinski definition) is 6. The molecule has 9 nitrogen and oxygen atoms in total. The number of phenolic OH excluding ortho intramolecular Hbond substituents is 3. The van der Waals surface area contributed by atoms with Crippen molar-refractivity contribution < 1.29 is 29.7 Å². The van der Waals surface area contributed by atoms with Gasteiger partial charge in [0.2, 0.25) is 0 Å². The molecule has 4 aromatic rings. The fourth-order valence-corrected chi connectivity index (χ4v) is 3.26. The normalized spacial score (nSPS) is 10.3. The van der Waals surface area contributed by atoms with Crippen molar-refractivity contribution in [3.05, 3.63) is 108 Å². The molecule has 4 rings (SSSR count). The number of carbonyl (C=O) groups excluding carboxylic acids is 3. The van der Waals surface area contributed by atoms with Crippen LogP contribution in [0.2, 0.25) is 0 Å². The molecule has 3 amide bonds. The SMILES string of the molecule is O=C(Nc1ccc(O)cc1)c1cc(C(=O)Nc2ccc(O)cc2)cc(C(=O)Nc2ccc(O)cc2)c1. The van der Waals surface area contributed by atoms with E-state index in [2.05, 4.69) is 16.0 Å². The number of hydrogen-bond acceptors (Lipinski definition) is 6. The summed E-state index contributed by atoms with van der Waals surface area (Å²) in [5.41, 5.74) is 1.39. The average molecular weight is 483 g/mol. The largest absolute Gasteiger partial charge is 0.508 e. The quantitative estimate of drug-likeness (QED) is 0.222. The van der Waals surface area contributed by atoms with Crippen molar-refractivity contribution in [1.82, 2.24) is 0 Å². The van der Waals surface area contributed by atoms with Crippen LogP contribution in [0.3, 0.4) is 0 Å². The van der Waals surface area contributed by atoms with Crippen molar-refractivity contribution in [3.63, 3.8) is 0 Å². The monoisotopic (exact) mass is 483 g/mol. The molecule has 0 aliphatic carbocycles. The van der Waals surface area contributed by atoms with E-state index in [1.165, 1.54) is 91.0 Å². The van der Waals surface area contributed by atoms with Crippen molar-refractivity contribution in [2.45, 2.75) is 0 Å². The number of carbonyl (C=O) groups is 3. The van der Waals surface area contributed by atoms with Gasteiger partial charge in [-0.15, -0.1) is 0 Å². The number of aromatic hydroxyl groups is 3. The fraction of sp³-hybridized carbons (Fsp3) is 0. The lowest BCUT2D eigenvalue weighted by Crippen LogP contribution is -2.19. The van der Waals surface area contributed by atoms with Gasteiger partial charge in [-0.3, -0.25) is 14.4 Å². The molecule has 180 valence electrons. The summed E-state index contributed by atoms with van der Waals surface area (Å²) in [6.07, 6.45) is 0. The van der Waals surface area contributed by atoms with E-state index in [0.717, 1.165) is 0 Å². The molecule has 0 saturated carbocycles. The topological polar surface area (TPSA) is 148 Å². The third-order valence-electron chi connectivity index (χ3n) is 5.10. The summed E-state index contributed by atoms with van der Waals surface area (Å²) >= 11 is 0. The van der Waals surface area contributed by atoms with E-state index in [1.807, 2.05) is 0 Å². The van der Waals surface area contributed by atoms with Crippen molar-refractivity contribution in [2.24, 2.45) is 0 Å². The Kier molecular flexibility index (Phi) is 6.83.